The van der Waals surface area contributed by atoms with Crippen LogP contribution in [0.1, 0.15) is 22.3 Å². The zero-order valence-corrected chi connectivity index (χ0v) is 18.3. The third kappa shape index (κ3) is 4.59. The highest BCUT2D eigenvalue weighted by molar-refractivity contribution is 5.94. The average Bonchev–Trinajstić information content (AvgIpc) is 3.12. The van der Waals surface area contributed by atoms with Crippen molar-refractivity contribution in [2.24, 2.45) is 11.3 Å². The van der Waals surface area contributed by atoms with Gasteiger partial charge in [-0.15, -0.1) is 0 Å². The number of aryl methyl sites for hydroxylation is 1. The standard InChI is InChI=1S/C25H31N3O3/c1-27-15-21(14-26-24(30)20-9-4-3-5-10-20)25(16-27)17-28(18-25)23(29)13-12-19-8-6-7-11-22(19)31-2/h3-11,21H,12-18H2,1-2H3,(H,26,30). The molecule has 4 rings (SSSR count). The van der Waals surface area contributed by atoms with Crippen molar-refractivity contribution in [2.45, 2.75) is 12.8 Å². The molecule has 1 spiro atoms. The Morgan fingerprint density at radius 1 is 1.06 bits per heavy atom. The maximum absolute atomic E-state index is 12.8. The lowest BCUT2D eigenvalue weighted by Crippen LogP contribution is -2.63. The van der Waals surface area contributed by atoms with E-state index in [9.17, 15) is 9.59 Å². The minimum absolute atomic E-state index is 0.0330. The molecule has 2 aliphatic rings. The summed E-state index contributed by atoms with van der Waals surface area (Å²) in [6.45, 7) is 4.09. The summed E-state index contributed by atoms with van der Waals surface area (Å²) in [5, 5.41) is 3.11. The number of likely N-dealkylation sites (tertiary alicyclic amines) is 2. The van der Waals surface area contributed by atoms with Crippen LogP contribution in [0.5, 0.6) is 5.75 Å². The van der Waals surface area contributed by atoms with Crippen molar-refractivity contribution in [3.05, 3.63) is 65.7 Å². The molecule has 0 aliphatic carbocycles. The number of benzene rings is 2. The number of carbonyl (C=O) groups is 2. The normalized spacial score (nSPS) is 19.8. The van der Waals surface area contributed by atoms with Gasteiger partial charge in [-0.05, 0) is 43.1 Å². The summed E-state index contributed by atoms with van der Waals surface area (Å²) < 4.78 is 5.39. The van der Waals surface area contributed by atoms with Gasteiger partial charge in [-0.3, -0.25) is 9.59 Å². The monoisotopic (exact) mass is 421 g/mol. The number of para-hydroxylation sites is 1. The SMILES string of the molecule is COc1ccccc1CCC(=O)N1CC2(CN(C)CC2CNC(=O)c2ccccc2)C1. The number of nitrogens with one attached hydrogen (secondary N) is 1. The van der Waals surface area contributed by atoms with E-state index in [4.69, 9.17) is 4.74 Å². The summed E-state index contributed by atoms with van der Waals surface area (Å²) in [4.78, 5) is 29.5. The molecule has 1 unspecified atom stereocenters. The molecule has 6 heteroatoms. The smallest absolute Gasteiger partial charge is 0.251 e. The summed E-state index contributed by atoms with van der Waals surface area (Å²) in [7, 11) is 3.78. The number of rotatable bonds is 7. The number of amides is 2. The lowest BCUT2D eigenvalue weighted by Gasteiger charge is -2.51. The summed E-state index contributed by atoms with van der Waals surface area (Å²) in [5.41, 5.74) is 1.83. The molecule has 2 aliphatic heterocycles. The topological polar surface area (TPSA) is 61.9 Å². The average molecular weight is 422 g/mol. The second-order valence-electron chi connectivity index (χ2n) is 8.89. The van der Waals surface area contributed by atoms with Crippen LogP contribution in [-0.2, 0) is 11.2 Å². The van der Waals surface area contributed by atoms with Crippen molar-refractivity contribution in [3.63, 3.8) is 0 Å². The first kappa shape index (κ1) is 21.4. The quantitative estimate of drug-likeness (QED) is 0.746. The second kappa shape index (κ2) is 9.10. The van der Waals surface area contributed by atoms with Crippen molar-refractivity contribution >= 4 is 11.8 Å². The molecular weight excluding hydrogens is 390 g/mol. The van der Waals surface area contributed by atoms with Crippen molar-refractivity contribution in [2.75, 3.05) is 46.9 Å². The van der Waals surface area contributed by atoms with E-state index in [1.54, 1.807) is 7.11 Å². The number of nitrogens with zero attached hydrogens (tertiary/aromatic N) is 2. The van der Waals surface area contributed by atoms with Gasteiger partial charge >= 0.3 is 0 Å². The molecule has 0 saturated carbocycles. The van der Waals surface area contributed by atoms with E-state index in [2.05, 4.69) is 17.3 Å². The molecule has 2 saturated heterocycles. The molecule has 1 N–H and O–H groups in total. The van der Waals surface area contributed by atoms with Crippen LogP contribution in [0.3, 0.4) is 0 Å². The number of methoxy groups -OCH3 is 1. The molecule has 0 aromatic heterocycles. The number of hydrogen-bond donors (Lipinski definition) is 1. The van der Waals surface area contributed by atoms with E-state index in [0.717, 1.165) is 37.5 Å². The Kier molecular flexibility index (Phi) is 6.28. The van der Waals surface area contributed by atoms with Crippen LogP contribution in [0, 0.1) is 11.3 Å². The van der Waals surface area contributed by atoms with E-state index < -0.39 is 0 Å². The molecular formula is C25H31N3O3. The maximum Gasteiger partial charge on any atom is 0.251 e. The lowest BCUT2D eigenvalue weighted by molar-refractivity contribution is -0.145. The number of hydrogen-bond acceptors (Lipinski definition) is 4. The second-order valence-corrected chi connectivity index (χ2v) is 8.89. The van der Waals surface area contributed by atoms with Crippen LogP contribution in [0.4, 0.5) is 0 Å². The van der Waals surface area contributed by atoms with Crippen LogP contribution < -0.4 is 10.1 Å². The molecule has 0 bridgehead atoms. The van der Waals surface area contributed by atoms with Gasteiger partial charge in [0.25, 0.3) is 5.91 Å². The first-order valence-corrected chi connectivity index (χ1v) is 10.9. The Hall–Kier alpha value is -2.86. The Morgan fingerprint density at radius 3 is 2.52 bits per heavy atom. The van der Waals surface area contributed by atoms with Crippen LogP contribution in [0.15, 0.2) is 54.6 Å². The van der Waals surface area contributed by atoms with Gasteiger partial charge in [0.15, 0.2) is 0 Å². The summed E-state index contributed by atoms with van der Waals surface area (Å²) in [6.07, 6.45) is 1.17. The van der Waals surface area contributed by atoms with Crippen molar-refractivity contribution < 1.29 is 14.3 Å². The molecule has 31 heavy (non-hydrogen) atoms. The first-order valence-electron chi connectivity index (χ1n) is 10.9. The zero-order valence-electron chi connectivity index (χ0n) is 18.3. The zero-order chi connectivity index (χ0) is 21.8. The van der Waals surface area contributed by atoms with E-state index in [0.29, 0.717) is 30.9 Å². The predicted molar refractivity (Wildman–Crippen MR) is 120 cm³/mol. The minimum atomic E-state index is -0.0330. The fourth-order valence-corrected chi connectivity index (χ4v) is 5.05. The summed E-state index contributed by atoms with van der Waals surface area (Å²) in [6, 6.07) is 17.2. The Morgan fingerprint density at radius 2 is 1.77 bits per heavy atom. The summed E-state index contributed by atoms with van der Waals surface area (Å²) >= 11 is 0. The largest absolute Gasteiger partial charge is 0.496 e. The van der Waals surface area contributed by atoms with Crippen molar-refractivity contribution in [1.29, 1.82) is 0 Å². The van der Waals surface area contributed by atoms with Crippen LogP contribution in [0.2, 0.25) is 0 Å². The van der Waals surface area contributed by atoms with Crippen molar-refractivity contribution in [3.8, 4) is 5.75 Å². The summed E-state index contributed by atoms with van der Waals surface area (Å²) in [5.74, 6) is 1.35. The number of carbonyl (C=O) groups excluding carboxylic acids is 2. The van der Waals surface area contributed by atoms with Gasteiger partial charge in [0.05, 0.1) is 7.11 Å². The first-order chi connectivity index (χ1) is 15.0. The van der Waals surface area contributed by atoms with Crippen LogP contribution in [-0.4, -0.2) is 68.5 Å². The molecule has 2 heterocycles. The number of ether oxygens (including phenoxy) is 1. The van der Waals surface area contributed by atoms with E-state index in [-0.39, 0.29) is 17.2 Å². The Bertz CT molecular complexity index is 925. The highest BCUT2D eigenvalue weighted by atomic mass is 16.5. The van der Waals surface area contributed by atoms with Gasteiger partial charge in [0.2, 0.25) is 5.91 Å². The van der Waals surface area contributed by atoms with Crippen LogP contribution >= 0.6 is 0 Å². The Labute approximate surface area is 184 Å². The molecule has 0 radical (unpaired) electrons. The molecule has 6 nitrogen and oxygen atoms in total. The molecule has 2 aromatic carbocycles. The van der Waals surface area contributed by atoms with Gasteiger partial charge in [0, 0.05) is 50.1 Å². The fourth-order valence-electron chi connectivity index (χ4n) is 5.05. The third-order valence-electron chi connectivity index (χ3n) is 6.69. The molecule has 2 fully saturated rings. The molecule has 1 atom stereocenters. The Balaban J connectivity index is 1.30. The van der Waals surface area contributed by atoms with Gasteiger partial charge in [0.1, 0.15) is 5.75 Å². The van der Waals surface area contributed by atoms with Crippen molar-refractivity contribution in [1.82, 2.24) is 15.1 Å². The predicted octanol–water partition coefficient (Wildman–Crippen LogP) is 2.45. The lowest BCUT2D eigenvalue weighted by atomic mass is 9.71. The fraction of sp³-hybridized carbons (Fsp3) is 0.440. The minimum Gasteiger partial charge on any atom is -0.496 e. The van der Waals surface area contributed by atoms with Gasteiger partial charge in [-0.1, -0.05) is 36.4 Å². The van der Waals surface area contributed by atoms with E-state index in [1.807, 2.05) is 59.5 Å². The van der Waals surface area contributed by atoms with Gasteiger partial charge in [-0.2, -0.15) is 0 Å². The third-order valence-corrected chi connectivity index (χ3v) is 6.69. The highest BCUT2D eigenvalue weighted by Gasteiger charge is 2.54. The van der Waals surface area contributed by atoms with Gasteiger partial charge < -0.3 is 19.9 Å². The van der Waals surface area contributed by atoms with E-state index >= 15 is 0 Å². The van der Waals surface area contributed by atoms with Gasteiger partial charge in [-0.25, -0.2) is 0 Å². The molecule has 2 aromatic rings. The van der Waals surface area contributed by atoms with E-state index in [1.165, 1.54) is 0 Å². The van der Waals surface area contributed by atoms with Crippen LogP contribution in [0.25, 0.3) is 0 Å². The molecule has 2 amide bonds. The highest BCUT2D eigenvalue weighted by Crippen LogP contribution is 2.43. The maximum atomic E-state index is 12.8. The molecule has 164 valence electrons.